The molecule has 8 heteroatoms. The number of anilines is 1. The van der Waals surface area contributed by atoms with Crippen molar-refractivity contribution >= 4 is 22.8 Å². The molecule has 1 aliphatic heterocycles. The van der Waals surface area contributed by atoms with Crippen molar-refractivity contribution < 1.29 is 4.79 Å². The lowest BCUT2D eigenvalue weighted by Gasteiger charge is -2.42. The number of nitrogens with zero attached hydrogens (tertiary/aromatic N) is 7. The molecule has 0 unspecified atom stereocenters. The first-order valence-electron chi connectivity index (χ1n) is 12.9. The van der Waals surface area contributed by atoms with Crippen molar-refractivity contribution in [1.29, 1.82) is 5.26 Å². The van der Waals surface area contributed by atoms with Crippen LogP contribution in [0, 0.1) is 16.7 Å². The molecule has 0 N–H and O–H groups in total. The Morgan fingerprint density at radius 2 is 1.89 bits per heavy atom. The topological polar surface area (TPSA) is 90.9 Å². The van der Waals surface area contributed by atoms with E-state index in [4.69, 9.17) is 15.0 Å². The number of carbonyl (C=O) groups is 1. The van der Waals surface area contributed by atoms with E-state index in [1.54, 1.807) is 18.6 Å². The zero-order chi connectivity index (χ0) is 25.8. The molecule has 1 saturated carbocycles. The van der Waals surface area contributed by atoms with Crippen LogP contribution in [0.4, 0.5) is 5.82 Å². The Bertz CT molecular complexity index is 1360. The molecular weight excluding hydrogens is 450 g/mol. The summed E-state index contributed by atoms with van der Waals surface area (Å²) in [6.07, 6.45) is 7.81. The van der Waals surface area contributed by atoms with Crippen LogP contribution in [0.5, 0.6) is 0 Å². The Morgan fingerprint density at radius 1 is 1.14 bits per heavy atom. The highest BCUT2D eigenvalue weighted by Crippen LogP contribution is 2.46. The van der Waals surface area contributed by atoms with E-state index in [1.165, 1.54) is 5.56 Å². The maximum Gasteiger partial charge on any atom is 0.228 e. The van der Waals surface area contributed by atoms with E-state index in [2.05, 4.69) is 42.5 Å². The maximum atomic E-state index is 12.9. The fourth-order valence-electron chi connectivity index (χ4n) is 5.41. The van der Waals surface area contributed by atoms with E-state index in [0.29, 0.717) is 24.6 Å². The van der Waals surface area contributed by atoms with Crippen LogP contribution in [0.1, 0.15) is 82.9 Å². The predicted molar refractivity (Wildman–Crippen MR) is 140 cm³/mol. The number of hydrogen-bond donors (Lipinski definition) is 0. The van der Waals surface area contributed by atoms with Gasteiger partial charge in [0.2, 0.25) is 5.91 Å². The lowest BCUT2D eigenvalue weighted by atomic mass is 9.94. The minimum absolute atomic E-state index is 0.129. The quantitative estimate of drug-likeness (QED) is 0.529. The van der Waals surface area contributed by atoms with E-state index in [-0.39, 0.29) is 23.3 Å². The molecule has 2 fully saturated rings. The van der Waals surface area contributed by atoms with Gasteiger partial charge in [0, 0.05) is 49.0 Å². The summed E-state index contributed by atoms with van der Waals surface area (Å²) in [7, 11) is 0. The molecule has 1 aliphatic carbocycles. The Hall–Kier alpha value is -3.47. The van der Waals surface area contributed by atoms with Gasteiger partial charge in [0.05, 0.1) is 17.0 Å². The van der Waals surface area contributed by atoms with E-state index >= 15 is 0 Å². The van der Waals surface area contributed by atoms with Crippen LogP contribution in [-0.4, -0.2) is 56.0 Å². The summed E-state index contributed by atoms with van der Waals surface area (Å²) < 4.78 is 2.06. The van der Waals surface area contributed by atoms with Crippen LogP contribution in [0.15, 0.2) is 24.8 Å². The molecule has 8 nitrogen and oxygen atoms in total. The average Bonchev–Trinajstić information content (AvgIpc) is 3.62. The largest absolute Gasteiger partial charge is 0.350 e. The summed E-state index contributed by atoms with van der Waals surface area (Å²) in [4.78, 5) is 31.5. The third kappa shape index (κ3) is 4.11. The van der Waals surface area contributed by atoms with Crippen molar-refractivity contribution in [2.75, 3.05) is 24.5 Å². The second-order valence-corrected chi connectivity index (χ2v) is 11.5. The second kappa shape index (κ2) is 8.88. The molecule has 0 spiro atoms. The number of pyridine rings is 1. The Balaban J connectivity index is 1.61. The van der Waals surface area contributed by atoms with Gasteiger partial charge in [-0.2, -0.15) is 5.26 Å². The van der Waals surface area contributed by atoms with Crippen molar-refractivity contribution in [2.45, 2.75) is 72.3 Å². The number of hydrogen-bond acceptors (Lipinski definition) is 6. The standard InChI is InChI=1S/C28H35N7O/c1-17(2)22-20(13-29)9-10-30-24(22)35-15-21(19-7-8-19)23-25(31-16-32-26(23)35)34-12-11-33(14-18(34)3)27(36)28(4,5)6/h9-10,15-19H,7-8,11-12,14H2,1-6H3/t18-/m0/s1. The van der Waals surface area contributed by atoms with Gasteiger partial charge >= 0.3 is 0 Å². The summed E-state index contributed by atoms with van der Waals surface area (Å²) in [5.41, 5.74) is 3.26. The third-order valence-corrected chi connectivity index (χ3v) is 7.33. The molecule has 3 aromatic rings. The Morgan fingerprint density at radius 3 is 2.50 bits per heavy atom. The fraction of sp³-hybridized carbons (Fsp3) is 0.536. The van der Waals surface area contributed by atoms with Gasteiger partial charge in [-0.3, -0.25) is 9.36 Å². The lowest BCUT2D eigenvalue weighted by Crippen LogP contribution is -2.56. The van der Waals surface area contributed by atoms with Gasteiger partial charge in [-0.15, -0.1) is 0 Å². The van der Waals surface area contributed by atoms with Gasteiger partial charge in [-0.25, -0.2) is 15.0 Å². The number of fused-ring (bicyclic) bond motifs is 1. The fourth-order valence-corrected chi connectivity index (χ4v) is 5.41. The van der Waals surface area contributed by atoms with Gasteiger partial charge < -0.3 is 9.80 Å². The second-order valence-electron chi connectivity index (χ2n) is 11.5. The van der Waals surface area contributed by atoms with Gasteiger partial charge in [-0.1, -0.05) is 34.6 Å². The van der Waals surface area contributed by atoms with E-state index in [1.807, 2.05) is 25.7 Å². The summed E-state index contributed by atoms with van der Waals surface area (Å²) in [5, 5.41) is 10.8. The number of aromatic nitrogens is 4. The zero-order valence-corrected chi connectivity index (χ0v) is 22.1. The molecule has 0 bridgehead atoms. The van der Waals surface area contributed by atoms with Gasteiger partial charge in [0.1, 0.15) is 18.0 Å². The van der Waals surface area contributed by atoms with Crippen LogP contribution in [0.2, 0.25) is 0 Å². The molecule has 0 radical (unpaired) electrons. The summed E-state index contributed by atoms with van der Waals surface area (Å²) in [5.74, 6) is 2.51. The summed E-state index contributed by atoms with van der Waals surface area (Å²) >= 11 is 0. The Labute approximate surface area is 213 Å². The monoisotopic (exact) mass is 485 g/mol. The molecule has 5 rings (SSSR count). The van der Waals surface area contributed by atoms with E-state index in [9.17, 15) is 10.1 Å². The lowest BCUT2D eigenvalue weighted by molar-refractivity contribution is -0.140. The highest BCUT2D eigenvalue weighted by molar-refractivity contribution is 5.93. The smallest absolute Gasteiger partial charge is 0.228 e. The van der Waals surface area contributed by atoms with Crippen molar-refractivity contribution in [3.05, 3.63) is 41.5 Å². The van der Waals surface area contributed by atoms with E-state index in [0.717, 1.165) is 47.6 Å². The first kappa shape index (κ1) is 24.2. The minimum atomic E-state index is -0.389. The highest BCUT2D eigenvalue weighted by Gasteiger charge is 2.36. The highest BCUT2D eigenvalue weighted by atomic mass is 16.2. The van der Waals surface area contributed by atoms with Crippen LogP contribution in [0.3, 0.4) is 0 Å². The number of nitriles is 1. The van der Waals surface area contributed by atoms with Crippen LogP contribution < -0.4 is 4.90 Å². The van der Waals surface area contributed by atoms with Crippen LogP contribution in [-0.2, 0) is 4.79 Å². The SMILES string of the molecule is CC(C)c1c(C#N)ccnc1-n1cc(C2CC2)c2c(N3CCN(C(=O)C(C)(C)C)C[C@@H]3C)ncnc21. The predicted octanol–water partition coefficient (Wildman–Crippen LogP) is 4.77. The van der Waals surface area contributed by atoms with Crippen molar-refractivity contribution in [1.82, 2.24) is 24.4 Å². The number of carbonyl (C=O) groups excluding carboxylic acids is 1. The van der Waals surface area contributed by atoms with Crippen molar-refractivity contribution in [3.8, 4) is 11.9 Å². The average molecular weight is 486 g/mol. The molecule has 2 aliphatic rings. The minimum Gasteiger partial charge on any atom is -0.350 e. The van der Waals surface area contributed by atoms with Gasteiger partial charge in [0.25, 0.3) is 0 Å². The number of piperazine rings is 1. The van der Waals surface area contributed by atoms with Crippen molar-refractivity contribution in [2.24, 2.45) is 5.41 Å². The third-order valence-electron chi connectivity index (χ3n) is 7.33. The molecule has 0 aromatic carbocycles. The first-order valence-corrected chi connectivity index (χ1v) is 12.9. The maximum absolute atomic E-state index is 12.9. The normalized spacial score (nSPS) is 18.7. The number of amides is 1. The molecule has 188 valence electrons. The number of rotatable bonds is 4. The molecule has 1 amide bonds. The molecule has 1 saturated heterocycles. The molecule has 4 heterocycles. The van der Waals surface area contributed by atoms with Gasteiger partial charge in [0.15, 0.2) is 5.65 Å². The first-order chi connectivity index (χ1) is 17.1. The summed E-state index contributed by atoms with van der Waals surface area (Å²) in [6, 6.07) is 4.26. The molecule has 3 aromatic heterocycles. The van der Waals surface area contributed by atoms with E-state index < -0.39 is 0 Å². The van der Waals surface area contributed by atoms with Crippen LogP contribution >= 0.6 is 0 Å². The molecule has 1 atom stereocenters. The Kier molecular flexibility index (Phi) is 5.98. The van der Waals surface area contributed by atoms with Gasteiger partial charge in [-0.05, 0) is 43.2 Å². The van der Waals surface area contributed by atoms with Crippen molar-refractivity contribution in [3.63, 3.8) is 0 Å². The molecular formula is C28H35N7O. The zero-order valence-electron chi connectivity index (χ0n) is 22.1. The molecule has 36 heavy (non-hydrogen) atoms. The summed E-state index contributed by atoms with van der Waals surface area (Å²) in [6.45, 7) is 14.4. The van der Waals surface area contributed by atoms with Crippen LogP contribution in [0.25, 0.3) is 16.9 Å².